The van der Waals surface area contributed by atoms with Crippen LogP contribution in [0, 0.1) is 5.92 Å². The van der Waals surface area contributed by atoms with E-state index in [1.165, 1.54) is 24.2 Å². The van der Waals surface area contributed by atoms with Crippen LogP contribution in [0.4, 0.5) is 9.93 Å². The average molecular weight is 281 g/mol. The van der Waals surface area contributed by atoms with E-state index in [4.69, 9.17) is 5.11 Å². The second-order valence-corrected chi connectivity index (χ2v) is 6.25. The summed E-state index contributed by atoms with van der Waals surface area (Å²) in [4.78, 5) is 18.4. The highest BCUT2D eigenvalue weighted by atomic mass is 32.1. The lowest BCUT2D eigenvalue weighted by molar-refractivity contribution is 0.217. The number of rotatable bonds is 4. The molecular formula is C13H19N3O2S. The molecule has 5 nitrogen and oxygen atoms in total. The van der Waals surface area contributed by atoms with Gasteiger partial charge in [0, 0.05) is 31.0 Å². The van der Waals surface area contributed by atoms with Crippen molar-refractivity contribution in [3.8, 4) is 0 Å². The van der Waals surface area contributed by atoms with E-state index in [1.807, 2.05) is 10.3 Å². The lowest BCUT2D eigenvalue weighted by atomic mass is 10.1. The first kappa shape index (κ1) is 12.9. The fourth-order valence-electron chi connectivity index (χ4n) is 2.52. The molecule has 1 aliphatic carbocycles. The molecular weight excluding hydrogens is 262 g/mol. The van der Waals surface area contributed by atoms with Crippen LogP contribution in [-0.2, 0) is 0 Å². The van der Waals surface area contributed by atoms with Crippen molar-refractivity contribution in [3.63, 3.8) is 0 Å². The molecule has 2 fully saturated rings. The van der Waals surface area contributed by atoms with Crippen LogP contribution < -0.4 is 5.32 Å². The number of aromatic nitrogens is 1. The zero-order valence-electron chi connectivity index (χ0n) is 10.8. The number of anilines is 1. The Kier molecular flexibility index (Phi) is 3.70. The van der Waals surface area contributed by atoms with E-state index in [0.29, 0.717) is 17.0 Å². The van der Waals surface area contributed by atoms with Crippen molar-refractivity contribution < 1.29 is 9.90 Å². The van der Waals surface area contributed by atoms with Crippen LogP contribution in [0.15, 0.2) is 5.38 Å². The number of likely N-dealkylation sites (tertiary alicyclic amines) is 1. The predicted molar refractivity (Wildman–Crippen MR) is 74.5 cm³/mol. The van der Waals surface area contributed by atoms with Crippen molar-refractivity contribution in [1.29, 1.82) is 0 Å². The van der Waals surface area contributed by atoms with Crippen LogP contribution in [0.3, 0.4) is 0 Å². The molecule has 0 bridgehead atoms. The van der Waals surface area contributed by atoms with Crippen LogP contribution >= 0.6 is 11.3 Å². The highest BCUT2D eigenvalue weighted by molar-refractivity contribution is 7.13. The second-order valence-electron chi connectivity index (χ2n) is 5.39. The number of aliphatic hydroxyl groups excluding tert-OH is 1. The van der Waals surface area contributed by atoms with E-state index < -0.39 is 0 Å². The van der Waals surface area contributed by atoms with E-state index in [9.17, 15) is 4.79 Å². The number of nitrogens with zero attached hydrogens (tertiary/aromatic N) is 2. The summed E-state index contributed by atoms with van der Waals surface area (Å²) in [7, 11) is 0. The number of hydrogen-bond acceptors (Lipinski definition) is 4. The fourth-order valence-corrected chi connectivity index (χ4v) is 3.30. The highest BCUT2D eigenvalue weighted by Crippen LogP contribution is 2.40. The molecule has 2 aliphatic rings. The van der Waals surface area contributed by atoms with Gasteiger partial charge in [0.15, 0.2) is 5.13 Å². The van der Waals surface area contributed by atoms with Gasteiger partial charge in [-0.3, -0.25) is 5.32 Å². The van der Waals surface area contributed by atoms with Crippen molar-refractivity contribution >= 4 is 22.5 Å². The minimum atomic E-state index is -0.0582. The Hall–Kier alpha value is -1.14. The standard InChI is InChI=1S/C13H19N3O2S/c17-6-4-9-3-5-16(7-9)13(18)15-12-14-11(8-19-12)10-1-2-10/h8-10,17H,1-7H2,(H,14,15,18). The maximum absolute atomic E-state index is 12.1. The quantitative estimate of drug-likeness (QED) is 0.889. The molecule has 1 unspecified atom stereocenters. The molecule has 1 aromatic rings. The number of amides is 2. The Labute approximate surface area is 116 Å². The lowest BCUT2D eigenvalue weighted by Gasteiger charge is -2.16. The van der Waals surface area contributed by atoms with E-state index >= 15 is 0 Å². The summed E-state index contributed by atoms with van der Waals surface area (Å²) in [6, 6.07) is -0.0582. The van der Waals surface area contributed by atoms with Crippen LogP contribution in [0.1, 0.15) is 37.3 Å². The normalized spacial score (nSPS) is 22.8. The maximum Gasteiger partial charge on any atom is 0.323 e. The molecule has 0 aromatic carbocycles. The van der Waals surface area contributed by atoms with Crippen LogP contribution in [0.25, 0.3) is 0 Å². The van der Waals surface area contributed by atoms with Crippen LogP contribution in [0.2, 0.25) is 0 Å². The molecule has 104 valence electrons. The first-order valence-corrected chi connectivity index (χ1v) is 7.76. The molecule has 1 aromatic heterocycles. The van der Waals surface area contributed by atoms with E-state index in [0.717, 1.165) is 31.6 Å². The van der Waals surface area contributed by atoms with E-state index in [2.05, 4.69) is 10.3 Å². The van der Waals surface area contributed by atoms with Gasteiger partial charge in [0.1, 0.15) is 0 Å². The molecule has 6 heteroatoms. The van der Waals surface area contributed by atoms with Gasteiger partial charge in [-0.2, -0.15) is 0 Å². The van der Waals surface area contributed by atoms with Gasteiger partial charge in [-0.05, 0) is 31.6 Å². The average Bonchev–Trinajstić information content (AvgIpc) is 2.96. The number of carbonyl (C=O) groups excluding carboxylic acids is 1. The van der Waals surface area contributed by atoms with Gasteiger partial charge in [-0.15, -0.1) is 11.3 Å². The summed E-state index contributed by atoms with van der Waals surface area (Å²) in [5.41, 5.74) is 1.12. The molecule has 3 rings (SSSR count). The minimum absolute atomic E-state index is 0.0582. The third-order valence-electron chi connectivity index (χ3n) is 3.84. The van der Waals surface area contributed by atoms with Gasteiger partial charge in [0.05, 0.1) is 5.69 Å². The number of hydrogen-bond donors (Lipinski definition) is 2. The van der Waals surface area contributed by atoms with E-state index in [-0.39, 0.29) is 12.6 Å². The van der Waals surface area contributed by atoms with Gasteiger partial charge in [-0.25, -0.2) is 9.78 Å². The molecule has 1 saturated carbocycles. The number of carbonyl (C=O) groups is 1. The zero-order valence-corrected chi connectivity index (χ0v) is 11.7. The van der Waals surface area contributed by atoms with Crippen molar-refractivity contribution in [1.82, 2.24) is 9.88 Å². The summed E-state index contributed by atoms with van der Waals surface area (Å²) >= 11 is 1.51. The molecule has 1 atom stereocenters. The summed E-state index contributed by atoms with van der Waals surface area (Å²) < 4.78 is 0. The third-order valence-corrected chi connectivity index (χ3v) is 4.62. The Morgan fingerprint density at radius 1 is 1.53 bits per heavy atom. The topological polar surface area (TPSA) is 65.5 Å². The Morgan fingerprint density at radius 2 is 2.37 bits per heavy atom. The fraction of sp³-hybridized carbons (Fsp3) is 0.692. The Bertz CT molecular complexity index is 458. The summed E-state index contributed by atoms with van der Waals surface area (Å²) in [6.07, 6.45) is 4.23. The molecule has 0 radical (unpaired) electrons. The number of thiazole rings is 1. The van der Waals surface area contributed by atoms with Gasteiger partial charge >= 0.3 is 6.03 Å². The largest absolute Gasteiger partial charge is 0.396 e. The second kappa shape index (κ2) is 5.46. The molecule has 2 amide bonds. The van der Waals surface area contributed by atoms with Crippen LogP contribution in [-0.4, -0.2) is 40.7 Å². The molecule has 1 aliphatic heterocycles. The zero-order chi connectivity index (χ0) is 13.2. The smallest absolute Gasteiger partial charge is 0.323 e. The maximum atomic E-state index is 12.1. The highest BCUT2D eigenvalue weighted by Gasteiger charge is 2.28. The minimum Gasteiger partial charge on any atom is -0.396 e. The molecule has 0 spiro atoms. The SMILES string of the molecule is O=C(Nc1nc(C2CC2)cs1)N1CCC(CCO)C1. The van der Waals surface area contributed by atoms with Crippen molar-refractivity contribution in [3.05, 3.63) is 11.1 Å². The van der Waals surface area contributed by atoms with Gasteiger partial charge in [0.25, 0.3) is 0 Å². The monoisotopic (exact) mass is 281 g/mol. The first-order valence-electron chi connectivity index (χ1n) is 6.88. The summed E-state index contributed by atoms with van der Waals surface area (Å²) in [5, 5.41) is 14.6. The molecule has 2 heterocycles. The number of aliphatic hydroxyl groups is 1. The van der Waals surface area contributed by atoms with E-state index in [1.54, 1.807) is 0 Å². The third kappa shape index (κ3) is 3.06. The Balaban J connectivity index is 1.52. The van der Waals surface area contributed by atoms with Crippen molar-refractivity contribution in [2.24, 2.45) is 5.92 Å². The van der Waals surface area contributed by atoms with Crippen molar-refractivity contribution in [2.75, 3.05) is 25.0 Å². The Morgan fingerprint density at radius 3 is 3.11 bits per heavy atom. The van der Waals surface area contributed by atoms with Gasteiger partial charge in [0.2, 0.25) is 0 Å². The molecule has 19 heavy (non-hydrogen) atoms. The summed E-state index contributed by atoms with van der Waals surface area (Å²) in [6.45, 7) is 1.72. The molecule has 2 N–H and O–H groups in total. The number of nitrogens with one attached hydrogen (secondary N) is 1. The van der Waals surface area contributed by atoms with Crippen molar-refractivity contribution in [2.45, 2.75) is 31.6 Å². The summed E-state index contributed by atoms with van der Waals surface area (Å²) in [5.74, 6) is 1.07. The predicted octanol–water partition coefficient (Wildman–Crippen LogP) is 2.26. The van der Waals surface area contributed by atoms with Gasteiger partial charge in [-0.1, -0.05) is 0 Å². The molecule has 1 saturated heterocycles. The number of urea groups is 1. The lowest BCUT2D eigenvalue weighted by Crippen LogP contribution is -2.33. The van der Waals surface area contributed by atoms with Gasteiger partial charge < -0.3 is 10.0 Å². The first-order chi connectivity index (χ1) is 9.26. The van der Waals surface area contributed by atoms with Crippen LogP contribution in [0.5, 0.6) is 0 Å².